The maximum absolute atomic E-state index is 11.2. The summed E-state index contributed by atoms with van der Waals surface area (Å²) in [5.41, 5.74) is 5.34. The van der Waals surface area contributed by atoms with Crippen LogP contribution in [0.4, 0.5) is 17.1 Å². The fraction of sp³-hybridized carbons (Fsp3) is 0.217. The van der Waals surface area contributed by atoms with E-state index < -0.39 is 0 Å². The first-order chi connectivity index (χ1) is 14.1. The molecule has 1 aliphatic heterocycles. The number of benzene rings is 3. The van der Waals surface area contributed by atoms with Crippen LogP contribution in [0.5, 0.6) is 0 Å². The van der Waals surface area contributed by atoms with Gasteiger partial charge in [0.1, 0.15) is 0 Å². The van der Waals surface area contributed by atoms with Crippen LogP contribution in [0.2, 0.25) is 0 Å². The molecule has 3 aromatic rings. The number of hydrogen-bond donors (Lipinski definition) is 1. The van der Waals surface area contributed by atoms with Crippen LogP contribution in [0.1, 0.15) is 22.9 Å². The number of aryl methyl sites for hydroxylation is 1. The molecule has 0 fully saturated rings. The first kappa shape index (κ1) is 19.0. The highest BCUT2D eigenvalue weighted by atomic mass is 16.6. The van der Waals surface area contributed by atoms with Crippen molar-refractivity contribution in [1.29, 1.82) is 0 Å². The van der Waals surface area contributed by atoms with Crippen molar-refractivity contribution in [2.75, 3.05) is 23.3 Å². The summed E-state index contributed by atoms with van der Waals surface area (Å²) in [5.74, 6) is 0. The Hall–Kier alpha value is -3.38. The third-order valence-electron chi connectivity index (χ3n) is 5.05. The van der Waals surface area contributed by atoms with Crippen LogP contribution < -0.4 is 10.2 Å². The minimum Gasteiger partial charge on any atom is -0.383 e. The molecule has 6 nitrogen and oxygen atoms in total. The lowest BCUT2D eigenvalue weighted by Crippen LogP contribution is -2.38. The summed E-state index contributed by atoms with van der Waals surface area (Å²) in [6.07, 6.45) is -0.371. The number of hydrogen-bond acceptors (Lipinski definition) is 5. The summed E-state index contributed by atoms with van der Waals surface area (Å²) in [5, 5.41) is 14.7. The zero-order chi connectivity index (χ0) is 20.2. The second kappa shape index (κ2) is 8.32. The second-order valence-corrected chi connectivity index (χ2v) is 7.13. The number of non-ortho nitro benzene ring substituents is 1. The van der Waals surface area contributed by atoms with E-state index in [0.29, 0.717) is 19.7 Å². The lowest BCUT2D eigenvalue weighted by Gasteiger charge is -2.39. The number of rotatable bonds is 6. The molecule has 0 aromatic heterocycles. The molecule has 1 heterocycles. The minimum absolute atomic E-state index is 0.0720. The van der Waals surface area contributed by atoms with E-state index in [1.165, 1.54) is 11.6 Å². The summed E-state index contributed by atoms with van der Waals surface area (Å²) in [4.78, 5) is 13.0. The number of nitrogens with one attached hydrogen (secondary N) is 1. The molecule has 4 rings (SSSR count). The first-order valence-corrected chi connectivity index (χ1v) is 9.63. The lowest BCUT2D eigenvalue weighted by molar-refractivity contribution is -0.385. The van der Waals surface area contributed by atoms with E-state index in [9.17, 15) is 10.1 Å². The van der Waals surface area contributed by atoms with E-state index in [2.05, 4.69) is 41.4 Å². The van der Waals surface area contributed by atoms with Gasteiger partial charge in [-0.25, -0.2) is 0 Å². The number of fused-ring (bicyclic) bond motifs is 1. The van der Waals surface area contributed by atoms with Crippen LogP contribution in [0, 0.1) is 17.0 Å². The van der Waals surface area contributed by atoms with Gasteiger partial charge in [-0.1, -0.05) is 42.5 Å². The molecule has 0 saturated carbocycles. The lowest BCUT2D eigenvalue weighted by atomic mass is 10.1. The van der Waals surface area contributed by atoms with Gasteiger partial charge in [0.05, 0.1) is 11.5 Å². The molecule has 0 amide bonds. The van der Waals surface area contributed by atoms with Gasteiger partial charge < -0.3 is 15.0 Å². The molecule has 0 aliphatic carbocycles. The van der Waals surface area contributed by atoms with Crippen molar-refractivity contribution in [3.8, 4) is 0 Å². The Morgan fingerprint density at radius 2 is 1.93 bits per heavy atom. The molecule has 0 saturated heterocycles. The molecular formula is C23H23N3O3. The normalized spacial score (nSPS) is 15.6. The van der Waals surface area contributed by atoms with Gasteiger partial charge in [-0.05, 0) is 30.7 Å². The molecular weight excluding hydrogens is 366 g/mol. The highest BCUT2D eigenvalue weighted by molar-refractivity contribution is 5.57. The van der Waals surface area contributed by atoms with Crippen LogP contribution in [-0.2, 0) is 11.3 Å². The SMILES string of the molecule is Cc1cccc(NCCN2c3ccccc3COC2c2cccc([N+](=O)[O-])c2)c1. The molecule has 1 aliphatic rings. The van der Waals surface area contributed by atoms with E-state index in [1.807, 2.05) is 30.3 Å². The topological polar surface area (TPSA) is 67.6 Å². The van der Waals surface area contributed by atoms with Crippen molar-refractivity contribution in [3.05, 3.63) is 99.6 Å². The highest BCUT2D eigenvalue weighted by Gasteiger charge is 2.28. The summed E-state index contributed by atoms with van der Waals surface area (Å²) >= 11 is 0. The van der Waals surface area contributed by atoms with Gasteiger partial charge in [-0.2, -0.15) is 0 Å². The largest absolute Gasteiger partial charge is 0.383 e. The molecule has 29 heavy (non-hydrogen) atoms. The fourth-order valence-corrected chi connectivity index (χ4v) is 3.68. The Morgan fingerprint density at radius 3 is 2.76 bits per heavy atom. The summed E-state index contributed by atoms with van der Waals surface area (Å²) in [6, 6.07) is 23.1. The van der Waals surface area contributed by atoms with Gasteiger partial charge in [-0.3, -0.25) is 10.1 Å². The Labute approximate surface area is 169 Å². The van der Waals surface area contributed by atoms with Crippen molar-refractivity contribution in [2.24, 2.45) is 0 Å². The molecule has 0 radical (unpaired) electrons. The maximum atomic E-state index is 11.2. The van der Waals surface area contributed by atoms with Crippen LogP contribution in [0.25, 0.3) is 0 Å². The fourth-order valence-electron chi connectivity index (χ4n) is 3.68. The van der Waals surface area contributed by atoms with Crippen molar-refractivity contribution in [2.45, 2.75) is 19.8 Å². The third-order valence-corrected chi connectivity index (χ3v) is 5.05. The van der Waals surface area contributed by atoms with E-state index in [4.69, 9.17) is 4.74 Å². The number of nitro groups is 1. The maximum Gasteiger partial charge on any atom is 0.269 e. The zero-order valence-electron chi connectivity index (χ0n) is 16.2. The molecule has 0 bridgehead atoms. The van der Waals surface area contributed by atoms with Gasteiger partial charge in [0.15, 0.2) is 6.23 Å². The van der Waals surface area contributed by atoms with E-state index in [0.717, 1.165) is 22.5 Å². The van der Waals surface area contributed by atoms with Gasteiger partial charge in [0.2, 0.25) is 0 Å². The standard InChI is InChI=1S/C23H23N3O3/c1-17-6-4-9-20(14-17)24-12-13-25-22-11-3-2-7-19(22)16-29-23(25)18-8-5-10-21(15-18)26(27)28/h2-11,14-15,23-24H,12-13,16H2,1H3. The van der Waals surface area contributed by atoms with Crippen LogP contribution in [-0.4, -0.2) is 18.0 Å². The third kappa shape index (κ3) is 4.22. The van der Waals surface area contributed by atoms with Crippen molar-refractivity contribution in [1.82, 2.24) is 0 Å². The number of para-hydroxylation sites is 1. The Kier molecular flexibility index (Phi) is 5.44. The molecule has 3 aromatic carbocycles. The van der Waals surface area contributed by atoms with E-state index in [1.54, 1.807) is 12.1 Å². The average Bonchev–Trinajstić information content (AvgIpc) is 2.74. The van der Waals surface area contributed by atoms with Gasteiger partial charge >= 0.3 is 0 Å². The predicted octanol–water partition coefficient (Wildman–Crippen LogP) is 5.05. The number of nitro benzene ring substituents is 1. The van der Waals surface area contributed by atoms with Gasteiger partial charge in [0, 0.05) is 47.7 Å². The Morgan fingerprint density at radius 1 is 1.10 bits per heavy atom. The number of ether oxygens (including phenoxy) is 1. The Bertz CT molecular complexity index is 1020. The highest BCUT2D eigenvalue weighted by Crippen LogP contribution is 2.37. The summed E-state index contributed by atoms with van der Waals surface area (Å²) in [6.45, 7) is 3.95. The predicted molar refractivity (Wildman–Crippen MR) is 114 cm³/mol. The smallest absolute Gasteiger partial charge is 0.269 e. The monoisotopic (exact) mass is 389 g/mol. The summed E-state index contributed by atoms with van der Waals surface area (Å²) < 4.78 is 6.14. The molecule has 6 heteroatoms. The van der Waals surface area contributed by atoms with Crippen molar-refractivity contribution < 1.29 is 9.66 Å². The number of anilines is 2. The summed E-state index contributed by atoms with van der Waals surface area (Å²) in [7, 11) is 0. The quantitative estimate of drug-likeness (QED) is 0.472. The van der Waals surface area contributed by atoms with Crippen molar-refractivity contribution >= 4 is 17.1 Å². The van der Waals surface area contributed by atoms with Crippen LogP contribution in [0.3, 0.4) is 0 Å². The van der Waals surface area contributed by atoms with Crippen LogP contribution in [0.15, 0.2) is 72.8 Å². The second-order valence-electron chi connectivity index (χ2n) is 7.13. The molecule has 0 spiro atoms. The van der Waals surface area contributed by atoms with Gasteiger partial charge in [0.25, 0.3) is 5.69 Å². The van der Waals surface area contributed by atoms with Crippen molar-refractivity contribution in [3.63, 3.8) is 0 Å². The molecule has 1 N–H and O–H groups in total. The Balaban J connectivity index is 1.59. The zero-order valence-corrected chi connectivity index (χ0v) is 16.2. The van der Waals surface area contributed by atoms with E-state index >= 15 is 0 Å². The molecule has 1 atom stereocenters. The van der Waals surface area contributed by atoms with E-state index in [-0.39, 0.29) is 16.8 Å². The first-order valence-electron chi connectivity index (χ1n) is 9.63. The van der Waals surface area contributed by atoms with Crippen LogP contribution >= 0.6 is 0 Å². The average molecular weight is 389 g/mol. The molecule has 148 valence electrons. The van der Waals surface area contributed by atoms with Gasteiger partial charge in [-0.15, -0.1) is 0 Å². The minimum atomic E-state index is -0.371. The number of nitrogens with zero attached hydrogens (tertiary/aromatic N) is 2. The molecule has 1 unspecified atom stereocenters.